The first-order valence-corrected chi connectivity index (χ1v) is 38.0. The highest BCUT2D eigenvalue weighted by Crippen LogP contribution is 2.64. The molecule has 12 N–H and O–H groups in total. The summed E-state index contributed by atoms with van der Waals surface area (Å²) >= 11 is 0. The molecule has 1 saturated heterocycles. The van der Waals surface area contributed by atoms with E-state index >= 15 is 58.2 Å². The van der Waals surface area contributed by atoms with Crippen LogP contribution in [0.15, 0.2) is 303 Å². The monoisotopic (exact) mass is 1600 g/mol. The van der Waals surface area contributed by atoms with Crippen LogP contribution in [0.5, 0.6) is 0 Å². The maximum atomic E-state index is 17.9. The van der Waals surface area contributed by atoms with E-state index in [1.165, 1.54) is 212 Å². The lowest BCUT2D eigenvalue weighted by molar-refractivity contribution is -0.184. The fourth-order valence-corrected chi connectivity index (χ4v) is 12.7. The third-order valence-corrected chi connectivity index (χ3v) is 17.4. The van der Waals surface area contributed by atoms with Gasteiger partial charge in [0.1, 0.15) is 0 Å². The number of anilines is 1. The van der Waals surface area contributed by atoms with Gasteiger partial charge in [-0.1, -0.05) is 279 Å². The zero-order valence-electron chi connectivity index (χ0n) is 58.5. The second kappa shape index (κ2) is 34.2. The van der Waals surface area contributed by atoms with Gasteiger partial charge in [-0.05, 0) is 24.3 Å². The van der Waals surface area contributed by atoms with Crippen LogP contribution in [-0.4, -0.2) is 159 Å². The molecule has 0 unspecified atom stereocenters. The Balaban J connectivity index is 0.000000840. The molecule has 1 aliphatic rings. The number of rotatable bonds is 21. The van der Waals surface area contributed by atoms with Crippen molar-refractivity contribution in [3.8, 4) is 0 Å². The van der Waals surface area contributed by atoms with E-state index in [4.69, 9.17) is 72.4 Å². The van der Waals surface area contributed by atoms with Gasteiger partial charge in [0, 0.05) is 55.6 Å². The van der Waals surface area contributed by atoms with Crippen LogP contribution in [0.2, 0.25) is 0 Å². The number of hydrogen-bond donors (Lipinski definition) is 12. The van der Waals surface area contributed by atoms with Gasteiger partial charge in [0.25, 0.3) is 17.5 Å². The number of imide groups is 1. The van der Waals surface area contributed by atoms with Crippen LogP contribution >= 0.6 is 23.5 Å². The summed E-state index contributed by atoms with van der Waals surface area (Å²) < 4.78 is 34.4. The largest absolute Gasteiger partial charge is 0.466 e. The molecule has 1 aliphatic heterocycles. The van der Waals surface area contributed by atoms with Crippen LogP contribution in [-0.2, 0) is 24.2 Å². The van der Waals surface area contributed by atoms with Crippen LogP contribution in [0.25, 0.3) is 11.2 Å². The molecule has 0 spiro atoms. The number of carbonyl (C=O) groups excluding carboxylic acids is 10. The van der Waals surface area contributed by atoms with Crippen molar-refractivity contribution in [2.24, 2.45) is 0 Å². The SMILES string of the molecule is O=C(c1ccccc1)c1nc(N(C(=O)c2ccccc2)C(=O)c2ccccc2)c2nc(C(=O)c3ccccc3)n([C@]3(C(=O)c4ccccc4)O[C@](C(=O)c4ccccc4)(C(O)(C(=O)c4ccccc4)C(=O)c4ccccc4)[C@](O)(C(=O)c4ccccc4)[C@]3(O)C(=O)c3ccccc3)c2n1.O=P(O)(O)O.O=P(O)(O)O.O=P(O)(O)O. The van der Waals surface area contributed by atoms with Crippen molar-refractivity contribution in [1.29, 1.82) is 0 Å². The van der Waals surface area contributed by atoms with Gasteiger partial charge in [0.05, 0.1) is 0 Å². The van der Waals surface area contributed by atoms with Crippen molar-refractivity contribution in [2.45, 2.75) is 28.1 Å². The Morgan fingerprint density at radius 3 is 0.921 bits per heavy atom. The summed E-state index contributed by atoms with van der Waals surface area (Å²) in [6, 6.07) is 65.7. The number of amides is 2. The zero-order valence-corrected chi connectivity index (χ0v) is 61.2. The van der Waals surface area contributed by atoms with Gasteiger partial charge in [-0.2, -0.15) is 0 Å². The molecule has 31 nitrogen and oxygen atoms in total. The molecule has 0 bridgehead atoms. The smallest absolute Gasteiger partial charge is 0.375 e. The summed E-state index contributed by atoms with van der Waals surface area (Å²) in [6.45, 7) is 0. The van der Waals surface area contributed by atoms with E-state index in [-0.39, 0.29) is 22.3 Å². The summed E-state index contributed by atoms with van der Waals surface area (Å²) in [5.74, 6) is -19.3. The lowest BCUT2D eigenvalue weighted by atomic mass is 9.54. The molecular formula is C80H62N5O26P3. The van der Waals surface area contributed by atoms with Crippen LogP contribution < -0.4 is 4.90 Å². The summed E-state index contributed by atoms with van der Waals surface area (Å²) in [5, 5.41) is 46.4. The van der Waals surface area contributed by atoms with Crippen LogP contribution in [0.1, 0.15) is 115 Å². The molecule has 13 rings (SSSR count). The van der Waals surface area contributed by atoms with Gasteiger partial charge in [-0.15, -0.1) is 0 Å². The van der Waals surface area contributed by atoms with Crippen LogP contribution in [0, 0.1) is 0 Å². The molecule has 4 atom stereocenters. The molecule has 12 aromatic rings. The van der Waals surface area contributed by atoms with E-state index in [2.05, 4.69) is 4.98 Å². The summed E-state index contributed by atoms with van der Waals surface area (Å²) in [7, 11) is -13.9. The van der Waals surface area contributed by atoms with Crippen molar-refractivity contribution >= 4 is 98.5 Å². The van der Waals surface area contributed by atoms with Crippen LogP contribution in [0.3, 0.4) is 0 Å². The lowest BCUT2D eigenvalue weighted by Crippen LogP contribution is -2.82. The summed E-state index contributed by atoms with van der Waals surface area (Å²) in [4.78, 5) is 247. The molecule has 114 heavy (non-hydrogen) atoms. The Bertz CT molecular complexity index is 5600. The highest BCUT2D eigenvalue weighted by molar-refractivity contribution is 7.45. The number of hydrogen-bond acceptors (Lipinski definition) is 20. The molecule has 0 radical (unpaired) electrons. The number of aromatic nitrogens is 4. The minimum absolute atomic E-state index is 0.160. The second-order valence-corrected chi connectivity index (χ2v) is 27.7. The predicted octanol–water partition coefficient (Wildman–Crippen LogP) is 7.90. The van der Waals surface area contributed by atoms with Gasteiger partial charge in [-0.25, -0.2) is 33.5 Å². The number of ether oxygens (including phenoxy) is 1. The number of imidazole rings is 1. The van der Waals surface area contributed by atoms with Gasteiger partial charge in [0.2, 0.25) is 74.5 Å². The standard InChI is InChI=1S/C80H53N5O14.3H3O4P/c86-62(51-31-11-1-12-32-51)70-82-71(84(74(94)59-47-27-9-28-48-59)75(95)60-49-29-10-30-50-60)61-72(83-70)85(73(81-61)63(87)52-33-13-2-14-34-52)80(69(93)58-45-25-8-26-46-58)78(98,67(91)56-41-21-6-22-42-56)77(97,66(90)55-39-19-5-20-40-55)79(99-80,68(92)57-43-23-7-24-44-57)76(96,64(88)53-35-15-3-16-36-53)65(89)54-37-17-4-18-38-54;3*1-5(2,3)4/h1-50,96-98H;3*(H3,1,2,3,4)/t77-,78+,79+,80+;;;/m0.../s1. The van der Waals surface area contributed by atoms with Gasteiger partial charge in [-0.3, -0.25) is 52.5 Å². The summed E-state index contributed by atoms with van der Waals surface area (Å²) in [5.41, 5.74) is -30.5. The Kier molecular flexibility index (Phi) is 25.1. The number of benzene rings is 10. The first-order valence-electron chi connectivity index (χ1n) is 33.3. The number of nitrogens with zero attached hydrogens (tertiary/aromatic N) is 5. The number of Topliss-reactive ketones (excluding diaryl/α,β-unsaturated/α-hetero) is 6. The van der Waals surface area contributed by atoms with E-state index in [0.717, 1.165) is 72.8 Å². The maximum Gasteiger partial charge on any atom is 0.466 e. The lowest BCUT2D eigenvalue weighted by Gasteiger charge is -2.49. The van der Waals surface area contributed by atoms with E-state index < -0.39 is 172 Å². The first kappa shape index (κ1) is 83.9. The Morgan fingerprint density at radius 2 is 0.596 bits per heavy atom. The predicted molar refractivity (Wildman–Crippen MR) is 403 cm³/mol. The zero-order chi connectivity index (χ0) is 82.8. The van der Waals surface area contributed by atoms with Crippen molar-refractivity contribution < 1.29 is 126 Å². The molecule has 10 aromatic carbocycles. The van der Waals surface area contributed by atoms with E-state index in [1.807, 2.05) is 0 Å². The molecular weight excluding hydrogens is 1540 g/mol. The van der Waals surface area contributed by atoms with Crippen molar-refractivity contribution in [1.82, 2.24) is 19.5 Å². The quantitative estimate of drug-likeness (QED) is 0.0141. The summed E-state index contributed by atoms with van der Waals surface area (Å²) in [6.07, 6.45) is 0. The topological polar surface area (TPSA) is 521 Å². The van der Waals surface area contributed by atoms with E-state index in [1.54, 1.807) is 18.2 Å². The van der Waals surface area contributed by atoms with Crippen LogP contribution in [0.4, 0.5) is 5.82 Å². The molecule has 2 amide bonds. The Morgan fingerprint density at radius 1 is 0.333 bits per heavy atom. The molecule has 34 heteroatoms. The average molecular weight is 1600 g/mol. The molecule has 2 aromatic heterocycles. The average Bonchev–Trinajstić information content (AvgIpc) is 1.45. The Hall–Kier alpha value is -12.6. The number of fused-ring (bicyclic) bond motifs is 1. The number of ketones is 8. The van der Waals surface area contributed by atoms with Gasteiger partial charge in [0.15, 0.2) is 22.8 Å². The van der Waals surface area contributed by atoms with Crippen molar-refractivity contribution in [2.75, 3.05) is 4.90 Å². The first-order chi connectivity index (χ1) is 53.9. The highest BCUT2D eigenvalue weighted by atomic mass is 31.2. The molecule has 578 valence electrons. The van der Waals surface area contributed by atoms with Gasteiger partial charge >= 0.3 is 23.5 Å². The molecule has 1 fully saturated rings. The minimum atomic E-state index is -4.88. The minimum Gasteiger partial charge on any atom is -0.375 e. The van der Waals surface area contributed by atoms with Gasteiger partial charge < -0.3 is 64.1 Å². The van der Waals surface area contributed by atoms with E-state index in [9.17, 15) is 5.11 Å². The fourth-order valence-electron chi connectivity index (χ4n) is 12.7. The third-order valence-electron chi connectivity index (χ3n) is 17.4. The molecule has 3 heterocycles. The number of carbonyl (C=O) groups is 10. The third kappa shape index (κ3) is 16.8. The van der Waals surface area contributed by atoms with E-state index in [0.29, 0.717) is 9.47 Å². The van der Waals surface area contributed by atoms with Crippen molar-refractivity contribution in [3.63, 3.8) is 0 Å². The Labute approximate surface area is 644 Å². The number of phosphoric acid groups is 3. The number of aliphatic hydroxyl groups is 3. The second-order valence-electron chi connectivity index (χ2n) is 24.7. The fraction of sp³-hybridized carbons (Fsp3) is 0.0625. The normalized spacial score (nSPS) is 17.2. The molecule has 0 saturated carbocycles. The highest BCUT2D eigenvalue weighted by Gasteiger charge is 2.95. The molecule has 0 aliphatic carbocycles. The maximum absolute atomic E-state index is 17.9. The van der Waals surface area contributed by atoms with Crippen molar-refractivity contribution in [3.05, 3.63) is 371 Å².